The lowest BCUT2D eigenvalue weighted by Crippen LogP contribution is -2.38. The van der Waals surface area contributed by atoms with E-state index in [1.807, 2.05) is 48.4 Å². The van der Waals surface area contributed by atoms with Crippen LogP contribution in [0.15, 0.2) is 42.7 Å². The monoisotopic (exact) mass is 437 g/mol. The molecule has 1 saturated heterocycles. The van der Waals surface area contributed by atoms with Crippen LogP contribution in [0.4, 0.5) is 0 Å². The lowest BCUT2D eigenvalue weighted by molar-refractivity contribution is -0.0352. The summed E-state index contributed by atoms with van der Waals surface area (Å²) < 4.78 is 19.1. The minimum atomic E-state index is -0.0427. The number of morpholine rings is 1. The highest BCUT2D eigenvalue weighted by molar-refractivity contribution is 5.32. The highest BCUT2D eigenvalue weighted by Gasteiger charge is 2.25. The van der Waals surface area contributed by atoms with Crippen molar-refractivity contribution < 1.29 is 14.2 Å². The summed E-state index contributed by atoms with van der Waals surface area (Å²) in [6.45, 7) is 5.82. The summed E-state index contributed by atoms with van der Waals surface area (Å²) in [6.07, 6.45) is 5.43. The van der Waals surface area contributed by atoms with Crippen LogP contribution in [0.25, 0.3) is 0 Å². The molecule has 1 aromatic carbocycles. The van der Waals surface area contributed by atoms with Gasteiger partial charge in [-0.2, -0.15) is 5.10 Å². The molecule has 170 valence electrons. The van der Waals surface area contributed by atoms with E-state index in [-0.39, 0.29) is 6.10 Å². The van der Waals surface area contributed by atoms with Gasteiger partial charge in [0.05, 0.1) is 26.0 Å². The Bertz CT molecular complexity index is 1010. The minimum absolute atomic E-state index is 0.0427. The lowest BCUT2D eigenvalue weighted by atomic mass is 10.1. The van der Waals surface area contributed by atoms with E-state index in [1.165, 1.54) is 0 Å². The largest absolute Gasteiger partial charge is 0.497 e. The Morgan fingerprint density at radius 2 is 1.97 bits per heavy atom. The molecule has 3 heterocycles. The van der Waals surface area contributed by atoms with E-state index in [2.05, 4.69) is 27.9 Å². The van der Waals surface area contributed by atoms with Crippen molar-refractivity contribution in [2.45, 2.75) is 32.4 Å². The van der Waals surface area contributed by atoms with Gasteiger partial charge in [-0.25, -0.2) is 9.97 Å². The van der Waals surface area contributed by atoms with Gasteiger partial charge in [0.15, 0.2) is 0 Å². The van der Waals surface area contributed by atoms with Crippen molar-refractivity contribution >= 4 is 0 Å². The highest BCUT2D eigenvalue weighted by atomic mass is 16.5. The molecule has 0 aliphatic carbocycles. The summed E-state index contributed by atoms with van der Waals surface area (Å²) >= 11 is 0. The number of ether oxygens (including phenoxy) is 3. The number of aryl methyl sites for hydroxylation is 2. The van der Waals surface area contributed by atoms with Crippen molar-refractivity contribution in [1.29, 1.82) is 0 Å². The van der Waals surface area contributed by atoms with Crippen molar-refractivity contribution in [2.24, 2.45) is 7.05 Å². The molecule has 1 aliphatic heterocycles. The predicted octanol–water partition coefficient (Wildman–Crippen LogP) is 2.98. The van der Waals surface area contributed by atoms with Gasteiger partial charge in [0.25, 0.3) is 0 Å². The topological polar surface area (TPSA) is 74.5 Å². The van der Waals surface area contributed by atoms with Crippen LogP contribution in [-0.2, 0) is 31.2 Å². The van der Waals surface area contributed by atoms with Gasteiger partial charge in [0, 0.05) is 69.2 Å². The molecule has 0 saturated carbocycles. The van der Waals surface area contributed by atoms with Crippen molar-refractivity contribution in [3.63, 3.8) is 0 Å². The number of benzene rings is 1. The van der Waals surface area contributed by atoms with E-state index >= 15 is 0 Å². The molecule has 1 atom stereocenters. The van der Waals surface area contributed by atoms with Crippen LogP contribution in [0.2, 0.25) is 0 Å². The predicted molar refractivity (Wildman–Crippen MR) is 121 cm³/mol. The Labute approximate surface area is 189 Å². The molecule has 32 heavy (non-hydrogen) atoms. The molecular formula is C24H31N5O3. The Morgan fingerprint density at radius 1 is 1.16 bits per heavy atom. The van der Waals surface area contributed by atoms with Crippen molar-refractivity contribution in [1.82, 2.24) is 24.6 Å². The third kappa shape index (κ3) is 5.63. The Morgan fingerprint density at radius 3 is 2.75 bits per heavy atom. The molecule has 0 bridgehead atoms. The van der Waals surface area contributed by atoms with Crippen LogP contribution in [0.5, 0.6) is 11.5 Å². The maximum absolute atomic E-state index is 6.04. The first-order valence-electron chi connectivity index (χ1n) is 11.1. The van der Waals surface area contributed by atoms with E-state index in [9.17, 15) is 0 Å². The van der Waals surface area contributed by atoms with Crippen LogP contribution in [0.1, 0.15) is 35.8 Å². The fourth-order valence-corrected chi connectivity index (χ4v) is 3.82. The second kappa shape index (κ2) is 10.6. The van der Waals surface area contributed by atoms with Gasteiger partial charge < -0.3 is 14.2 Å². The zero-order valence-electron chi connectivity index (χ0n) is 19.0. The van der Waals surface area contributed by atoms with E-state index in [0.29, 0.717) is 13.2 Å². The Balaban J connectivity index is 1.32. The molecular weight excluding hydrogens is 406 g/mol. The number of methoxy groups -OCH3 is 1. The maximum Gasteiger partial charge on any atom is 0.127 e. The Hall–Kier alpha value is -2.97. The smallest absolute Gasteiger partial charge is 0.127 e. The average molecular weight is 438 g/mol. The molecule has 0 unspecified atom stereocenters. The summed E-state index contributed by atoms with van der Waals surface area (Å²) in [5.74, 6) is 2.47. The summed E-state index contributed by atoms with van der Waals surface area (Å²) in [7, 11) is 3.62. The first-order valence-corrected chi connectivity index (χ1v) is 11.1. The molecule has 1 aliphatic rings. The third-order valence-corrected chi connectivity index (χ3v) is 5.63. The van der Waals surface area contributed by atoms with Gasteiger partial charge >= 0.3 is 0 Å². The molecule has 0 N–H and O–H groups in total. The minimum Gasteiger partial charge on any atom is -0.497 e. The second-order valence-electron chi connectivity index (χ2n) is 7.92. The number of rotatable bonds is 9. The fraction of sp³-hybridized carbons (Fsp3) is 0.458. The SMILES string of the molecule is CCc1ncc(CN2CCO[C@@H](c3cc(CCOc4cccc(OC)c4)n(C)n3)C2)cn1. The average Bonchev–Trinajstić information content (AvgIpc) is 3.20. The molecule has 0 spiro atoms. The summed E-state index contributed by atoms with van der Waals surface area (Å²) in [5.41, 5.74) is 3.21. The molecule has 3 aromatic rings. The Kier molecular flexibility index (Phi) is 7.34. The summed E-state index contributed by atoms with van der Waals surface area (Å²) in [5, 5.41) is 4.72. The normalized spacial score (nSPS) is 16.8. The highest BCUT2D eigenvalue weighted by Crippen LogP contribution is 2.24. The van der Waals surface area contributed by atoms with Crippen LogP contribution >= 0.6 is 0 Å². The first-order chi connectivity index (χ1) is 15.6. The van der Waals surface area contributed by atoms with Crippen molar-refractivity contribution in [3.05, 3.63) is 65.5 Å². The van der Waals surface area contributed by atoms with Crippen molar-refractivity contribution in [2.75, 3.05) is 33.4 Å². The number of hydrogen-bond donors (Lipinski definition) is 0. The van der Waals surface area contributed by atoms with Gasteiger partial charge in [-0.3, -0.25) is 9.58 Å². The van der Waals surface area contributed by atoms with E-state index in [1.54, 1.807) is 7.11 Å². The zero-order valence-corrected chi connectivity index (χ0v) is 19.0. The van der Waals surface area contributed by atoms with E-state index in [0.717, 1.165) is 66.8 Å². The molecule has 4 rings (SSSR count). The van der Waals surface area contributed by atoms with Crippen LogP contribution in [0.3, 0.4) is 0 Å². The first kappa shape index (κ1) is 22.2. The summed E-state index contributed by atoms with van der Waals surface area (Å²) in [4.78, 5) is 11.2. The van der Waals surface area contributed by atoms with Crippen LogP contribution in [-0.4, -0.2) is 58.1 Å². The van der Waals surface area contributed by atoms with Crippen LogP contribution in [0, 0.1) is 0 Å². The lowest BCUT2D eigenvalue weighted by Gasteiger charge is -2.32. The zero-order chi connectivity index (χ0) is 22.3. The van der Waals surface area contributed by atoms with Gasteiger partial charge in [0.2, 0.25) is 0 Å². The molecule has 1 fully saturated rings. The molecule has 8 heteroatoms. The van der Waals surface area contributed by atoms with E-state index < -0.39 is 0 Å². The fourth-order valence-electron chi connectivity index (χ4n) is 3.82. The molecule has 0 radical (unpaired) electrons. The molecule has 8 nitrogen and oxygen atoms in total. The standard InChI is InChI=1S/C24H31N5O3/c1-4-24-25-14-18(15-26-24)16-29-9-11-32-23(17-29)22-12-19(28(2)27-22)8-10-31-21-7-5-6-20(13-21)30-3/h5-7,12-15,23H,4,8-11,16-17H2,1-3H3/t23-/m1/s1. The van der Waals surface area contributed by atoms with Gasteiger partial charge in [-0.05, 0) is 18.2 Å². The third-order valence-electron chi connectivity index (χ3n) is 5.63. The number of nitrogens with zero attached hydrogens (tertiary/aromatic N) is 5. The number of hydrogen-bond acceptors (Lipinski definition) is 7. The second-order valence-corrected chi connectivity index (χ2v) is 7.92. The van der Waals surface area contributed by atoms with E-state index in [4.69, 9.17) is 19.3 Å². The summed E-state index contributed by atoms with van der Waals surface area (Å²) in [6, 6.07) is 9.78. The quantitative estimate of drug-likeness (QED) is 0.509. The van der Waals surface area contributed by atoms with Gasteiger partial charge in [-0.1, -0.05) is 13.0 Å². The number of aromatic nitrogens is 4. The molecule has 0 amide bonds. The maximum atomic E-state index is 6.04. The van der Waals surface area contributed by atoms with Crippen LogP contribution < -0.4 is 9.47 Å². The van der Waals surface area contributed by atoms with Crippen molar-refractivity contribution in [3.8, 4) is 11.5 Å². The van der Waals surface area contributed by atoms with Gasteiger partial charge in [-0.15, -0.1) is 0 Å². The van der Waals surface area contributed by atoms with Gasteiger partial charge in [0.1, 0.15) is 23.4 Å². The molecule has 2 aromatic heterocycles.